The number of alkyl halides is 3. The van der Waals surface area contributed by atoms with Gasteiger partial charge in [-0.25, -0.2) is 9.97 Å². The summed E-state index contributed by atoms with van der Waals surface area (Å²) in [5, 5.41) is 7.95. The molecule has 6 nitrogen and oxygen atoms in total. The Morgan fingerprint density at radius 3 is 2.54 bits per heavy atom. The second-order valence-electron chi connectivity index (χ2n) is 9.53. The summed E-state index contributed by atoms with van der Waals surface area (Å²) in [4.78, 5) is 9.42. The number of halogens is 3. The van der Waals surface area contributed by atoms with Crippen molar-refractivity contribution in [1.82, 2.24) is 9.97 Å². The monoisotopic (exact) mass is 485 g/mol. The number of hydrogen-bond donors (Lipinski definition) is 3. The zero-order valence-electron chi connectivity index (χ0n) is 19.9. The maximum absolute atomic E-state index is 13.4. The van der Waals surface area contributed by atoms with Crippen LogP contribution >= 0.6 is 0 Å². The van der Waals surface area contributed by atoms with E-state index in [1.165, 1.54) is 11.1 Å². The highest BCUT2D eigenvalue weighted by atomic mass is 19.4. The molecule has 186 valence electrons. The van der Waals surface area contributed by atoms with Gasteiger partial charge in [-0.15, -0.1) is 0 Å². The topological polar surface area (TPSA) is 85.1 Å². The molecule has 2 aromatic carbocycles. The summed E-state index contributed by atoms with van der Waals surface area (Å²) in [7, 11) is 0. The normalized spacial score (nSPS) is 17.4. The molecule has 2 aliphatic rings. The van der Waals surface area contributed by atoms with Gasteiger partial charge in [0.15, 0.2) is 0 Å². The average molecular weight is 486 g/mol. The first-order valence-corrected chi connectivity index (χ1v) is 12.1. The zero-order valence-corrected chi connectivity index (χ0v) is 19.9. The molecular formula is C26H30F3N5O. The van der Waals surface area contributed by atoms with E-state index < -0.39 is 17.8 Å². The first-order chi connectivity index (χ1) is 16.7. The summed E-state index contributed by atoms with van der Waals surface area (Å²) in [6.45, 7) is 5.15. The molecule has 4 N–H and O–H groups in total. The highest BCUT2D eigenvalue weighted by molar-refractivity contribution is 5.96. The van der Waals surface area contributed by atoms with E-state index in [1.807, 2.05) is 13.8 Å². The van der Waals surface area contributed by atoms with Crippen molar-refractivity contribution in [3.63, 3.8) is 0 Å². The number of benzene rings is 2. The quantitative estimate of drug-likeness (QED) is 0.397. The number of aromatic nitrogens is 2. The summed E-state index contributed by atoms with van der Waals surface area (Å²) in [6, 6.07) is 5.67. The number of nitrogens with one attached hydrogen (secondary N) is 2. The van der Waals surface area contributed by atoms with Crippen LogP contribution in [0, 0.1) is 6.92 Å². The van der Waals surface area contributed by atoms with Crippen molar-refractivity contribution in [2.45, 2.75) is 64.2 Å². The predicted molar refractivity (Wildman–Crippen MR) is 132 cm³/mol. The summed E-state index contributed by atoms with van der Waals surface area (Å²) in [5.41, 5.74) is 10.1. The summed E-state index contributed by atoms with van der Waals surface area (Å²) >= 11 is 0. The maximum atomic E-state index is 13.4. The Labute approximate surface area is 202 Å². The lowest BCUT2D eigenvalue weighted by Crippen LogP contribution is -2.28. The van der Waals surface area contributed by atoms with Gasteiger partial charge in [0, 0.05) is 36.0 Å². The molecule has 35 heavy (non-hydrogen) atoms. The smallest absolute Gasteiger partial charge is 0.399 e. The van der Waals surface area contributed by atoms with Crippen molar-refractivity contribution in [3.8, 4) is 0 Å². The van der Waals surface area contributed by atoms with E-state index >= 15 is 0 Å². The van der Waals surface area contributed by atoms with Crippen LogP contribution in [0.5, 0.6) is 0 Å². The Balaban J connectivity index is 1.54. The lowest BCUT2D eigenvalue weighted by molar-refractivity contribution is -0.137. The van der Waals surface area contributed by atoms with Crippen LogP contribution in [-0.2, 0) is 23.8 Å². The molecule has 0 spiro atoms. The second-order valence-corrected chi connectivity index (χ2v) is 9.53. The highest BCUT2D eigenvalue weighted by Crippen LogP contribution is 2.39. The van der Waals surface area contributed by atoms with Gasteiger partial charge in [0.25, 0.3) is 0 Å². The molecule has 9 heteroatoms. The van der Waals surface area contributed by atoms with E-state index in [9.17, 15) is 13.2 Å². The fourth-order valence-electron chi connectivity index (χ4n) is 5.16. The van der Waals surface area contributed by atoms with Crippen molar-refractivity contribution >= 4 is 28.1 Å². The molecule has 1 aliphatic heterocycles. The van der Waals surface area contributed by atoms with Crippen molar-refractivity contribution in [1.29, 1.82) is 0 Å². The van der Waals surface area contributed by atoms with E-state index in [2.05, 4.69) is 21.7 Å². The molecule has 0 radical (unpaired) electrons. The Kier molecular flexibility index (Phi) is 6.21. The van der Waals surface area contributed by atoms with Crippen LogP contribution in [0.2, 0.25) is 0 Å². The van der Waals surface area contributed by atoms with Crippen LogP contribution in [-0.4, -0.2) is 29.2 Å². The molecule has 1 fully saturated rings. The molecule has 0 amide bonds. The number of ether oxygens (including phenoxy) is 1. The standard InChI is InChI=1S/C26H30F3N5O/c1-14(16-10-17(26(27,28)29)12-18(30)11-16)31-25-22-13-23(34-19-6-8-35-9-7-19)20-4-3-5-21(20)24(22)32-15(2)33-25/h10-14,19,34H,3-9,30H2,1-2H3,(H,31,32,33). The summed E-state index contributed by atoms with van der Waals surface area (Å²) < 4.78 is 45.6. The van der Waals surface area contributed by atoms with Gasteiger partial charge in [0.05, 0.1) is 17.1 Å². The van der Waals surface area contributed by atoms with Crippen LogP contribution in [0.4, 0.5) is 30.4 Å². The van der Waals surface area contributed by atoms with Gasteiger partial charge >= 0.3 is 6.18 Å². The Bertz CT molecular complexity index is 1250. The third-order valence-electron chi connectivity index (χ3n) is 6.91. The van der Waals surface area contributed by atoms with E-state index in [0.717, 1.165) is 74.0 Å². The molecule has 1 unspecified atom stereocenters. The lowest BCUT2D eigenvalue weighted by atomic mass is 10.0. The fourth-order valence-corrected chi connectivity index (χ4v) is 5.16. The number of hydrogen-bond acceptors (Lipinski definition) is 6. The van der Waals surface area contributed by atoms with Crippen LogP contribution in [0.25, 0.3) is 10.9 Å². The number of rotatable bonds is 5. The molecule has 5 rings (SSSR count). The third kappa shape index (κ3) is 4.87. The minimum atomic E-state index is -4.46. The highest BCUT2D eigenvalue weighted by Gasteiger charge is 2.31. The van der Waals surface area contributed by atoms with E-state index in [1.54, 1.807) is 6.07 Å². The van der Waals surface area contributed by atoms with E-state index in [0.29, 0.717) is 23.2 Å². The second kappa shape index (κ2) is 9.18. The van der Waals surface area contributed by atoms with E-state index in [4.69, 9.17) is 15.5 Å². The average Bonchev–Trinajstić information content (AvgIpc) is 3.30. The predicted octanol–water partition coefficient (Wildman–Crippen LogP) is 5.79. The van der Waals surface area contributed by atoms with Crippen molar-refractivity contribution in [2.75, 3.05) is 29.6 Å². The molecule has 1 atom stereocenters. The zero-order chi connectivity index (χ0) is 24.7. The van der Waals surface area contributed by atoms with Crippen LogP contribution in [0.15, 0.2) is 24.3 Å². The number of nitrogens with two attached hydrogens (primary N) is 1. The Hall–Kier alpha value is -3.07. The van der Waals surface area contributed by atoms with Gasteiger partial charge in [-0.05, 0) is 86.9 Å². The molecule has 1 saturated heterocycles. The van der Waals surface area contributed by atoms with Gasteiger partial charge in [0.2, 0.25) is 0 Å². The van der Waals surface area contributed by atoms with E-state index in [-0.39, 0.29) is 5.69 Å². The minimum absolute atomic E-state index is 0.0768. The molecule has 2 heterocycles. The van der Waals surface area contributed by atoms with Gasteiger partial charge in [-0.3, -0.25) is 0 Å². The lowest BCUT2D eigenvalue weighted by Gasteiger charge is -2.26. The fraction of sp³-hybridized carbons (Fsp3) is 0.462. The van der Waals surface area contributed by atoms with Crippen molar-refractivity contribution in [2.24, 2.45) is 0 Å². The van der Waals surface area contributed by atoms with Crippen LogP contribution < -0.4 is 16.4 Å². The molecule has 0 bridgehead atoms. The molecular weight excluding hydrogens is 455 g/mol. The van der Waals surface area contributed by atoms with Crippen molar-refractivity contribution in [3.05, 3.63) is 52.3 Å². The van der Waals surface area contributed by atoms with Gasteiger partial charge in [-0.1, -0.05) is 0 Å². The first kappa shape index (κ1) is 23.7. The molecule has 1 aromatic heterocycles. The minimum Gasteiger partial charge on any atom is -0.399 e. The number of anilines is 3. The molecule has 3 aromatic rings. The third-order valence-corrected chi connectivity index (χ3v) is 6.91. The SMILES string of the molecule is Cc1nc(NC(C)c2cc(N)cc(C(F)(F)F)c2)c2cc(NC3CCOCC3)c3c(c2n1)CCC3. The number of nitrogen functional groups attached to an aromatic ring is 1. The molecule has 0 saturated carbocycles. The summed E-state index contributed by atoms with van der Waals surface area (Å²) in [5.74, 6) is 1.23. The van der Waals surface area contributed by atoms with Crippen LogP contribution in [0.3, 0.4) is 0 Å². The molecule has 1 aliphatic carbocycles. The number of nitrogens with zero attached hydrogens (tertiary/aromatic N) is 2. The van der Waals surface area contributed by atoms with Gasteiger partial charge in [0.1, 0.15) is 11.6 Å². The van der Waals surface area contributed by atoms with Gasteiger partial charge in [-0.2, -0.15) is 13.2 Å². The van der Waals surface area contributed by atoms with Crippen molar-refractivity contribution < 1.29 is 17.9 Å². The number of fused-ring (bicyclic) bond motifs is 3. The largest absolute Gasteiger partial charge is 0.416 e. The maximum Gasteiger partial charge on any atom is 0.416 e. The van der Waals surface area contributed by atoms with Crippen LogP contribution in [0.1, 0.15) is 60.3 Å². The number of aryl methyl sites for hydroxylation is 2. The Morgan fingerprint density at radius 1 is 1.06 bits per heavy atom. The summed E-state index contributed by atoms with van der Waals surface area (Å²) in [6.07, 6.45) is 0.468. The van der Waals surface area contributed by atoms with Gasteiger partial charge < -0.3 is 21.1 Å². The Morgan fingerprint density at radius 2 is 1.80 bits per heavy atom. The first-order valence-electron chi connectivity index (χ1n) is 12.1.